The van der Waals surface area contributed by atoms with E-state index in [1.165, 1.54) is 0 Å². The fourth-order valence-electron chi connectivity index (χ4n) is 3.89. The molecule has 0 fully saturated rings. The number of carbonyl (C=O) groups is 1. The molecule has 0 saturated carbocycles. The van der Waals surface area contributed by atoms with Crippen LogP contribution in [-0.4, -0.2) is 30.2 Å². The number of nitrogens with zero attached hydrogens (tertiary/aromatic N) is 1. The van der Waals surface area contributed by atoms with Crippen LogP contribution in [0.4, 0.5) is 0 Å². The van der Waals surface area contributed by atoms with Gasteiger partial charge in [-0.15, -0.1) is 0 Å². The maximum Gasteiger partial charge on any atom is 0.305 e. The molecule has 3 rings (SSSR count). The second-order valence-corrected chi connectivity index (χ2v) is 7.47. The summed E-state index contributed by atoms with van der Waals surface area (Å²) in [4.78, 5) is 14.1. The summed E-state index contributed by atoms with van der Waals surface area (Å²) in [6.07, 6.45) is -0.0283. The molecule has 3 aromatic carbocycles. The summed E-state index contributed by atoms with van der Waals surface area (Å²) in [5.74, 6) is 0.353. The van der Waals surface area contributed by atoms with Crippen LogP contribution >= 0.6 is 0 Å². The Hall–Kier alpha value is -3.31. The van der Waals surface area contributed by atoms with Crippen LogP contribution in [0, 0.1) is 0 Å². The van der Waals surface area contributed by atoms with Crippen LogP contribution in [0.25, 0.3) is 0 Å². The maximum absolute atomic E-state index is 11.9. The molecule has 3 aromatic rings. The molecule has 0 aliphatic carbocycles. The Kier molecular flexibility index (Phi) is 7.68. The predicted molar refractivity (Wildman–Crippen MR) is 121 cm³/mol. The highest BCUT2D eigenvalue weighted by molar-refractivity contribution is 5.68. The van der Waals surface area contributed by atoms with Crippen molar-refractivity contribution in [3.8, 4) is 11.5 Å². The lowest BCUT2D eigenvalue weighted by atomic mass is 9.96. The fraction of sp³-hybridized carbons (Fsp3) is 0.269. The van der Waals surface area contributed by atoms with Crippen molar-refractivity contribution in [1.29, 1.82) is 0 Å². The highest BCUT2D eigenvalue weighted by Gasteiger charge is 2.29. The first-order chi connectivity index (χ1) is 15.0. The van der Waals surface area contributed by atoms with E-state index in [1.54, 1.807) is 14.2 Å². The molecule has 0 bridgehead atoms. The SMILES string of the molecule is COc1ccc([C@H](CC(=O)O)N(Cc2ccccc2)[C@H](C)c2ccccc2)cc1OC. The monoisotopic (exact) mass is 419 g/mol. The minimum atomic E-state index is -0.849. The van der Waals surface area contributed by atoms with Gasteiger partial charge in [0.1, 0.15) is 0 Å². The second kappa shape index (κ2) is 10.6. The molecule has 0 aromatic heterocycles. The third kappa shape index (κ3) is 5.64. The molecular formula is C26H29NO4. The van der Waals surface area contributed by atoms with Gasteiger partial charge in [-0.05, 0) is 35.7 Å². The van der Waals surface area contributed by atoms with Gasteiger partial charge in [0.2, 0.25) is 0 Å². The van der Waals surface area contributed by atoms with Crippen LogP contribution in [0.2, 0.25) is 0 Å². The van der Waals surface area contributed by atoms with E-state index in [-0.39, 0.29) is 18.5 Å². The fourth-order valence-corrected chi connectivity index (χ4v) is 3.89. The van der Waals surface area contributed by atoms with Crippen molar-refractivity contribution in [1.82, 2.24) is 4.90 Å². The van der Waals surface area contributed by atoms with Crippen LogP contribution in [0.5, 0.6) is 11.5 Å². The number of carboxylic acids is 1. The van der Waals surface area contributed by atoms with E-state index in [4.69, 9.17) is 9.47 Å². The van der Waals surface area contributed by atoms with Gasteiger partial charge in [0.05, 0.1) is 20.6 Å². The molecule has 0 saturated heterocycles. The molecular weight excluding hydrogens is 390 g/mol. The molecule has 2 atom stereocenters. The molecule has 162 valence electrons. The van der Waals surface area contributed by atoms with Gasteiger partial charge < -0.3 is 14.6 Å². The number of hydrogen-bond donors (Lipinski definition) is 1. The largest absolute Gasteiger partial charge is 0.493 e. The summed E-state index contributed by atoms with van der Waals surface area (Å²) in [5, 5.41) is 9.76. The maximum atomic E-state index is 11.9. The molecule has 0 unspecified atom stereocenters. The highest BCUT2D eigenvalue weighted by Crippen LogP contribution is 2.38. The molecule has 0 spiro atoms. The van der Waals surface area contributed by atoms with Gasteiger partial charge in [0.25, 0.3) is 0 Å². The van der Waals surface area contributed by atoms with Gasteiger partial charge in [-0.3, -0.25) is 9.69 Å². The first kappa shape index (κ1) is 22.4. The second-order valence-electron chi connectivity index (χ2n) is 7.47. The first-order valence-electron chi connectivity index (χ1n) is 10.3. The van der Waals surface area contributed by atoms with E-state index in [9.17, 15) is 9.90 Å². The highest BCUT2D eigenvalue weighted by atomic mass is 16.5. The summed E-state index contributed by atoms with van der Waals surface area (Å²) in [6, 6.07) is 25.6. The van der Waals surface area contributed by atoms with Crippen LogP contribution in [0.3, 0.4) is 0 Å². The standard InChI is InChI=1S/C26H29NO4/c1-19(21-12-8-5-9-13-21)27(18-20-10-6-4-7-11-20)23(17-26(28)29)22-14-15-24(30-2)25(16-22)31-3/h4-16,19,23H,17-18H2,1-3H3,(H,28,29)/t19-,23+/m1/s1. The average molecular weight is 420 g/mol. The van der Waals surface area contributed by atoms with Crippen molar-refractivity contribution < 1.29 is 19.4 Å². The van der Waals surface area contributed by atoms with E-state index < -0.39 is 5.97 Å². The smallest absolute Gasteiger partial charge is 0.305 e. The molecule has 31 heavy (non-hydrogen) atoms. The van der Waals surface area contributed by atoms with E-state index in [2.05, 4.69) is 36.1 Å². The summed E-state index contributed by atoms with van der Waals surface area (Å²) < 4.78 is 10.9. The summed E-state index contributed by atoms with van der Waals surface area (Å²) >= 11 is 0. The predicted octanol–water partition coefficient (Wildman–Crippen LogP) is 5.48. The third-order valence-corrected chi connectivity index (χ3v) is 5.55. The molecule has 5 heteroatoms. The van der Waals surface area contributed by atoms with Crippen molar-refractivity contribution in [2.24, 2.45) is 0 Å². The third-order valence-electron chi connectivity index (χ3n) is 5.55. The number of hydrogen-bond acceptors (Lipinski definition) is 4. The van der Waals surface area contributed by atoms with E-state index >= 15 is 0 Å². The Morgan fingerprint density at radius 3 is 2.06 bits per heavy atom. The molecule has 0 radical (unpaired) electrons. The van der Waals surface area contributed by atoms with Crippen molar-refractivity contribution >= 4 is 5.97 Å². The van der Waals surface area contributed by atoms with Crippen molar-refractivity contribution in [2.75, 3.05) is 14.2 Å². The summed E-state index contributed by atoms with van der Waals surface area (Å²) in [7, 11) is 3.17. The molecule has 0 aliphatic rings. The number of aliphatic carboxylic acids is 1. The summed E-state index contributed by atoms with van der Waals surface area (Å²) in [6.45, 7) is 2.73. The van der Waals surface area contributed by atoms with Gasteiger partial charge in [-0.2, -0.15) is 0 Å². The Morgan fingerprint density at radius 2 is 1.48 bits per heavy atom. The van der Waals surface area contributed by atoms with Gasteiger partial charge in [-0.25, -0.2) is 0 Å². The normalized spacial score (nSPS) is 12.9. The molecule has 0 heterocycles. The van der Waals surface area contributed by atoms with Crippen molar-refractivity contribution in [2.45, 2.75) is 32.0 Å². The van der Waals surface area contributed by atoms with Gasteiger partial charge in [0.15, 0.2) is 11.5 Å². The van der Waals surface area contributed by atoms with Crippen LogP contribution in [0.1, 0.15) is 42.1 Å². The molecule has 0 amide bonds. The molecule has 0 aliphatic heterocycles. The number of methoxy groups -OCH3 is 2. The first-order valence-corrected chi connectivity index (χ1v) is 10.3. The Bertz CT molecular complexity index is 975. The van der Waals surface area contributed by atoms with Gasteiger partial charge in [0, 0.05) is 18.6 Å². The van der Waals surface area contributed by atoms with E-state index in [0.29, 0.717) is 18.0 Å². The van der Waals surface area contributed by atoms with Crippen molar-refractivity contribution in [3.63, 3.8) is 0 Å². The Balaban J connectivity index is 2.07. The zero-order chi connectivity index (χ0) is 22.2. The minimum absolute atomic E-state index is 0.00106. The lowest BCUT2D eigenvalue weighted by molar-refractivity contribution is -0.138. The van der Waals surface area contributed by atoms with Crippen molar-refractivity contribution in [3.05, 3.63) is 95.6 Å². The lowest BCUT2D eigenvalue weighted by Gasteiger charge is -2.37. The van der Waals surface area contributed by atoms with Crippen LogP contribution < -0.4 is 9.47 Å². The summed E-state index contributed by atoms with van der Waals surface area (Å²) in [5.41, 5.74) is 3.13. The molecule has 1 N–H and O–H groups in total. The van der Waals surface area contributed by atoms with E-state index in [0.717, 1.165) is 16.7 Å². The number of ether oxygens (including phenoxy) is 2. The van der Waals surface area contributed by atoms with E-state index in [1.807, 2.05) is 54.6 Å². The van der Waals surface area contributed by atoms with Gasteiger partial charge in [-0.1, -0.05) is 66.7 Å². The molecule has 5 nitrogen and oxygen atoms in total. The average Bonchev–Trinajstić information content (AvgIpc) is 2.81. The topological polar surface area (TPSA) is 59.0 Å². The zero-order valence-corrected chi connectivity index (χ0v) is 18.2. The lowest BCUT2D eigenvalue weighted by Crippen LogP contribution is -2.32. The number of rotatable bonds is 10. The number of benzene rings is 3. The van der Waals surface area contributed by atoms with Crippen LogP contribution in [-0.2, 0) is 11.3 Å². The van der Waals surface area contributed by atoms with Crippen LogP contribution in [0.15, 0.2) is 78.9 Å². The Labute approximate surface area is 183 Å². The number of carboxylic acid groups (broad SMARTS) is 1. The Morgan fingerprint density at radius 1 is 0.871 bits per heavy atom. The quantitative estimate of drug-likeness (QED) is 0.471. The van der Waals surface area contributed by atoms with Gasteiger partial charge >= 0.3 is 5.97 Å². The zero-order valence-electron chi connectivity index (χ0n) is 18.2. The minimum Gasteiger partial charge on any atom is -0.493 e.